The van der Waals surface area contributed by atoms with Crippen LogP contribution in [0.25, 0.3) is 0 Å². The number of hydrogen-bond donors (Lipinski definition) is 2. The monoisotopic (exact) mass is 252 g/mol. The van der Waals surface area contributed by atoms with Crippen LogP contribution in [0.2, 0.25) is 5.02 Å². The van der Waals surface area contributed by atoms with E-state index in [-0.39, 0.29) is 5.54 Å². The van der Waals surface area contributed by atoms with Gasteiger partial charge in [-0.3, -0.25) is 0 Å². The van der Waals surface area contributed by atoms with Gasteiger partial charge in [0.05, 0.1) is 0 Å². The third-order valence-corrected chi connectivity index (χ3v) is 4.18. The molecular formula is C14H21ClN2. The Balaban J connectivity index is 2.07. The zero-order chi connectivity index (χ0) is 12.3. The molecule has 94 valence electrons. The van der Waals surface area contributed by atoms with Crippen molar-refractivity contribution in [2.45, 2.75) is 38.1 Å². The number of hydrogen-bond acceptors (Lipinski definition) is 2. The molecule has 0 bridgehead atoms. The second-order valence-electron chi connectivity index (χ2n) is 5.13. The van der Waals surface area contributed by atoms with Crippen molar-refractivity contribution in [1.82, 2.24) is 0 Å². The minimum atomic E-state index is 0.0918. The first-order valence-corrected chi connectivity index (χ1v) is 6.79. The first kappa shape index (κ1) is 12.7. The Kier molecular flexibility index (Phi) is 3.95. The lowest BCUT2D eigenvalue weighted by molar-refractivity contribution is 0.450. The third-order valence-electron chi connectivity index (χ3n) is 3.93. The Hall–Kier alpha value is -0.730. The van der Waals surface area contributed by atoms with Gasteiger partial charge in [-0.15, -0.1) is 0 Å². The van der Waals surface area contributed by atoms with Gasteiger partial charge in [0.15, 0.2) is 0 Å². The van der Waals surface area contributed by atoms with Crippen molar-refractivity contribution >= 4 is 17.3 Å². The predicted octanol–water partition coefficient (Wildman–Crippen LogP) is 3.66. The number of halogens is 1. The Morgan fingerprint density at radius 3 is 2.65 bits per heavy atom. The summed E-state index contributed by atoms with van der Waals surface area (Å²) in [4.78, 5) is 0. The number of benzene rings is 1. The van der Waals surface area contributed by atoms with Crippen molar-refractivity contribution < 1.29 is 0 Å². The van der Waals surface area contributed by atoms with Crippen LogP contribution >= 0.6 is 11.6 Å². The average molecular weight is 253 g/mol. The quantitative estimate of drug-likeness (QED) is 0.858. The van der Waals surface area contributed by atoms with Crippen LogP contribution in [0.5, 0.6) is 0 Å². The minimum Gasteiger partial charge on any atom is -0.378 e. The molecule has 3 heteroatoms. The predicted molar refractivity (Wildman–Crippen MR) is 74.5 cm³/mol. The van der Waals surface area contributed by atoms with Gasteiger partial charge in [0, 0.05) is 22.8 Å². The molecule has 1 aromatic carbocycles. The Morgan fingerprint density at radius 1 is 1.41 bits per heavy atom. The molecule has 1 aliphatic rings. The van der Waals surface area contributed by atoms with E-state index in [1.165, 1.54) is 25.7 Å². The van der Waals surface area contributed by atoms with Gasteiger partial charge < -0.3 is 11.1 Å². The summed E-state index contributed by atoms with van der Waals surface area (Å²) in [5.74, 6) is 0.818. The highest BCUT2D eigenvalue weighted by molar-refractivity contribution is 6.30. The molecule has 3 N–H and O–H groups in total. The van der Waals surface area contributed by atoms with Crippen LogP contribution < -0.4 is 11.1 Å². The van der Waals surface area contributed by atoms with Crippen LogP contribution in [0.15, 0.2) is 24.3 Å². The van der Waals surface area contributed by atoms with Gasteiger partial charge in [-0.05, 0) is 49.4 Å². The standard InChI is InChI=1S/C14H21ClN2/c1-2-11-7-8-14(9-11,10-16)17-13-5-3-12(15)4-6-13/h3-6,11,17H,2,7-10,16H2,1H3. The molecule has 1 fully saturated rings. The molecule has 2 rings (SSSR count). The maximum atomic E-state index is 5.97. The smallest absolute Gasteiger partial charge is 0.0498 e. The van der Waals surface area contributed by atoms with Crippen LogP contribution in [0.1, 0.15) is 32.6 Å². The highest BCUT2D eigenvalue weighted by atomic mass is 35.5. The van der Waals surface area contributed by atoms with Crippen LogP contribution in [0.4, 0.5) is 5.69 Å². The highest BCUT2D eigenvalue weighted by Crippen LogP contribution is 2.38. The van der Waals surface area contributed by atoms with Crippen LogP contribution in [0, 0.1) is 5.92 Å². The van der Waals surface area contributed by atoms with E-state index in [0.29, 0.717) is 6.54 Å². The average Bonchev–Trinajstić information content (AvgIpc) is 2.76. The van der Waals surface area contributed by atoms with E-state index >= 15 is 0 Å². The molecule has 2 unspecified atom stereocenters. The van der Waals surface area contributed by atoms with E-state index in [1.54, 1.807) is 0 Å². The summed E-state index contributed by atoms with van der Waals surface area (Å²) in [6.07, 6.45) is 4.89. The number of anilines is 1. The van der Waals surface area contributed by atoms with Gasteiger partial charge in [-0.1, -0.05) is 24.9 Å². The molecule has 0 saturated heterocycles. The summed E-state index contributed by atoms with van der Waals surface area (Å²) in [7, 11) is 0. The number of rotatable bonds is 4. The van der Waals surface area contributed by atoms with E-state index in [1.807, 2.05) is 24.3 Å². The molecule has 0 amide bonds. The van der Waals surface area contributed by atoms with Crippen LogP contribution in [-0.4, -0.2) is 12.1 Å². The van der Waals surface area contributed by atoms with Gasteiger partial charge in [0.2, 0.25) is 0 Å². The Bertz CT molecular complexity index is 363. The maximum absolute atomic E-state index is 5.97. The molecule has 1 aromatic rings. The number of nitrogens with one attached hydrogen (secondary N) is 1. The summed E-state index contributed by atoms with van der Waals surface area (Å²) >= 11 is 5.89. The van der Waals surface area contributed by atoms with Crippen molar-refractivity contribution in [3.05, 3.63) is 29.3 Å². The summed E-state index contributed by atoms with van der Waals surface area (Å²) in [6.45, 7) is 2.96. The van der Waals surface area contributed by atoms with Crippen molar-refractivity contribution in [3.63, 3.8) is 0 Å². The molecule has 1 aliphatic carbocycles. The van der Waals surface area contributed by atoms with Gasteiger partial charge in [-0.25, -0.2) is 0 Å². The third kappa shape index (κ3) is 2.93. The van der Waals surface area contributed by atoms with E-state index in [9.17, 15) is 0 Å². The van der Waals surface area contributed by atoms with Crippen molar-refractivity contribution in [2.75, 3.05) is 11.9 Å². The zero-order valence-corrected chi connectivity index (χ0v) is 11.1. The fourth-order valence-electron chi connectivity index (χ4n) is 2.77. The normalized spacial score (nSPS) is 28.3. The molecule has 0 heterocycles. The number of nitrogens with two attached hydrogens (primary N) is 1. The molecule has 1 saturated carbocycles. The maximum Gasteiger partial charge on any atom is 0.0498 e. The van der Waals surface area contributed by atoms with Gasteiger partial charge in [0.25, 0.3) is 0 Å². The molecule has 2 nitrogen and oxygen atoms in total. The largest absolute Gasteiger partial charge is 0.378 e. The minimum absolute atomic E-state index is 0.0918. The molecule has 0 aromatic heterocycles. The lowest BCUT2D eigenvalue weighted by Gasteiger charge is -2.30. The Labute approximate surface area is 109 Å². The molecule has 17 heavy (non-hydrogen) atoms. The summed E-state index contributed by atoms with van der Waals surface area (Å²) in [6, 6.07) is 7.89. The second kappa shape index (κ2) is 5.28. The first-order valence-electron chi connectivity index (χ1n) is 6.41. The fraction of sp³-hybridized carbons (Fsp3) is 0.571. The molecule has 2 atom stereocenters. The van der Waals surface area contributed by atoms with E-state index in [2.05, 4.69) is 12.2 Å². The lowest BCUT2D eigenvalue weighted by atomic mass is 9.94. The van der Waals surface area contributed by atoms with E-state index < -0.39 is 0 Å². The summed E-state index contributed by atoms with van der Waals surface area (Å²) in [5, 5.41) is 4.39. The fourth-order valence-corrected chi connectivity index (χ4v) is 2.90. The van der Waals surface area contributed by atoms with Crippen LogP contribution in [-0.2, 0) is 0 Å². The summed E-state index contributed by atoms with van der Waals surface area (Å²) < 4.78 is 0. The first-order chi connectivity index (χ1) is 8.17. The topological polar surface area (TPSA) is 38.0 Å². The lowest BCUT2D eigenvalue weighted by Crippen LogP contribution is -2.43. The Morgan fingerprint density at radius 2 is 2.12 bits per heavy atom. The molecule has 0 spiro atoms. The van der Waals surface area contributed by atoms with Crippen molar-refractivity contribution in [1.29, 1.82) is 0 Å². The zero-order valence-electron chi connectivity index (χ0n) is 10.4. The molecule has 0 radical (unpaired) electrons. The summed E-state index contributed by atoms with van der Waals surface area (Å²) in [5.41, 5.74) is 7.19. The molecular weight excluding hydrogens is 232 g/mol. The van der Waals surface area contributed by atoms with Gasteiger partial charge in [-0.2, -0.15) is 0 Å². The van der Waals surface area contributed by atoms with Gasteiger partial charge in [0.1, 0.15) is 0 Å². The van der Waals surface area contributed by atoms with Gasteiger partial charge >= 0.3 is 0 Å². The molecule has 0 aliphatic heterocycles. The van der Waals surface area contributed by atoms with E-state index in [4.69, 9.17) is 17.3 Å². The van der Waals surface area contributed by atoms with Crippen LogP contribution in [0.3, 0.4) is 0 Å². The highest BCUT2D eigenvalue weighted by Gasteiger charge is 2.37. The van der Waals surface area contributed by atoms with Crippen molar-refractivity contribution in [2.24, 2.45) is 11.7 Å². The van der Waals surface area contributed by atoms with Crippen molar-refractivity contribution in [3.8, 4) is 0 Å². The SMILES string of the molecule is CCC1CCC(CN)(Nc2ccc(Cl)cc2)C1. The van der Waals surface area contributed by atoms with E-state index in [0.717, 1.165) is 16.6 Å². The second-order valence-corrected chi connectivity index (χ2v) is 5.57.